The van der Waals surface area contributed by atoms with E-state index in [9.17, 15) is 4.79 Å². The summed E-state index contributed by atoms with van der Waals surface area (Å²) >= 11 is 0. The van der Waals surface area contributed by atoms with Crippen LogP contribution >= 0.6 is 0 Å². The topological polar surface area (TPSA) is 37.3 Å². The zero-order valence-electron chi connectivity index (χ0n) is 9.86. The molecular weight excluding hydrogens is 200 g/mol. The third-order valence-corrected chi connectivity index (χ3v) is 3.70. The molecule has 0 aliphatic heterocycles. The van der Waals surface area contributed by atoms with E-state index in [1.54, 1.807) is 6.92 Å². The van der Waals surface area contributed by atoms with Crippen molar-refractivity contribution < 1.29 is 9.90 Å². The molecular formula is C14H18O2. The molecule has 2 heteroatoms. The Morgan fingerprint density at radius 3 is 2.75 bits per heavy atom. The van der Waals surface area contributed by atoms with Gasteiger partial charge in [0.15, 0.2) is 0 Å². The largest absolute Gasteiger partial charge is 0.481 e. The van der Waals surface area contributed by atoms with Crippen LogP contribution in [-0.2, 0) is 17.6 Å². The molecule has 1 N–H and O–H groups in total. The minimum Gasteiger partial charge on any atom is -0.481 e. The highest BCUT2D eigenvalue weighted by Gasteiger charge is 2.22. The van der Waals surface area contributed by atoms with Crippen LogP contribution in [0.15, 0.2) is 18.2 Å². The first kappa shape index (κ1) is 11.2. The van der Waals surface area contributed by atoms with Crippen LogP contribution in [0, 0.1) is 5.92 Å². The van der Waals surface area contributed by atoms with Crippen LogP contribution in [0.5, 0.6) is 0 Å². The fraction of sp³-hybridized carbons (Fsp3) is 0.500. The maximum absolute atomic E-state index is 10.9. The van der Waals surface area contributed by atoms with Crippen LogP contribution in [0.25, 0.3) is 0 Å². The highest BCUT2D eigenvalue weighted by molar-refractivity contribution is 5.75. The van der Waals surface area contributed by atoms with Gasteiger partial charge in [0.1, 0.15) is 0 Å². The van der Waals surface area contributed by atoms with Crippen molar-refractivity contribution >= 4 is 5.97 Å². The maximum atomic E-state index is 10.9. The molecule has 2 nitrogen and oxygen atoms in total. The molecule has 2 atom stereocenters. The van der Waals surface area contributed by atoms with E-state index in [-0.39, 0.29) is 0 Å². The third-order valence-electron chi connectivity index (χ3n) is 3.70. The van der Waals surface area contributed by atoms with Crippen molar-refractivity contribution in [3.8, 4) is 0 Å². The molecule has 0 bridgehead atoms. The van der Waals surface area contributed by atoms with Gasteiger partial charge in [0, 0.05) is 0 Å². The van der Waals surface area contributed by atoms with Crippen LogP contribution in [-0.4, -0.2) is 11.1 Å². The molecule has 2 unspecified atom stereocenters. The number of aliphatic carboxylic acids is 1. The lowest BCUT2D eigenvalue weighted by molar-refractivity contribution is -0.138. The molecule has 0 heterocycles. The van der Waals surface area contributed by atoms with Crippen LogP contribution in [0.3, 0.4) is 0 Å². The molecule has 0 saturated carbocycles. The summed E-state index contributed by atoms with van der Waals surface area (Å²) < 4.78 is 0. The van der Waals surface area contributed by atoms with E-state index < -0.39 is 11.9 Å². The van der Waals surface area contributed by atoms with E-state index in [1.807, 2.05) is 6.07 Å². The molecule has 0 amide bonds. The second-order valence-electron chi connectivity index (χ2n) is 4.77. The fourth-order valence-corrected chi connectivity index (χ4v) is 2.43. The van der Waals surface area contributed by atoms with Gasteiger partial charge in [0.25, 0.3) is 0 Å². The van der Waals surface area contributed by atoms with E-state index in [0.29, 0.717) is 0 Å². The number of hydrogen-bond donors (Lipinski definition) is 1. The summed E-state index contributed by atoms with van der Waals surface area (Å²) in [5, 5.41) is 8.98. The summed E-state index contributed by atoms with van der Waals surface area (Å²) in [6.45, 7) is 3.97. The Bertz CT molecular complexity index is 409. The summed E-state index contributed by atoms with van der Waals surface area (Å²) in [6.07, 6.45) is 3.48. The van der Waals surface area contributed by atoms with Crippen molar-refractivity contribution in [3.63, 3.8) is 0 Å². The molecule has 0 spiro atoms. The second-order valence-corrected chi connectivity index (χ2v) is 4.77. The SMILES string of the molecule is CCC1Cc2ccc(C(C)C(=O)O)cc2C1. The number of hydrogen-bond acceptors (Lipinski definition) is 1. The van der Waals surface area contributed by atoms with Gasteiger partial charge in [0.2, 0.25) is 0 Å². The summed E-state index contributed by atoms with van der Waals surface area (Å²) in [5.41, 5.74) is 3.70. The smallest absolute Gasteiger partial charge is 0.310 e. The summed E-state index contributed by atoms with van der Waals surface area (Å²) in [4.78, 5) is 10.9. The zero-order valence-corrected chi connectivity index (χ0v) is 9.86. The van der Waals surface area contributed by atoms with E-state index in [0.717, 1.165) is 24.3 Å². The lowest BCUT2D eigenvalue weighted by Gasteiger charge is -2.08. The van der Waals surface area contributed by atoms with Crippen molar-refractivity contribution in [2.75, 3.05) is 0 Å². The van der Waals surface area contributed by atoms with E-state index in [4.69, 9.17) is 5.11 Å². The van der Waals surface area contributed by atoms with Gasteiger partial charge in [-0.3, -0.25) is 4.79 Å². The first-order valence-corrected chi connectivity index (χ1v) is 5.96. The Labute approximate surface area is 96.3 Å². The lowest BCUT2D eigenvalue weighted by Crippen LogP contribution is -2.07. The molecule has 1 aromatic carbocycles. The molecule has 1 aliphatic rings. The van der Waals surface area contributed by atoms with E-state index in [1.165, 1.54) is 17.5 Å². The maximum Gasteiger partial charge on any atom is 0.310 e. The Hall–Kier alpha value is -1.31. The fourth-order valence-electron chi connectivity index (χ4n) is 2.43. The highest BCUT2D eigenvalue weighted by atomic mass is 16.4. The van der Waals surface area contributed by atoms with Crippen molar-refractivity contribution in [2.45, 2.75) is 39.0 Å². The Kier molecular flexibility index (Phi) is 2.99. The molecule has 86 valence electrons. The molecule has 0 aromatic heterocycles. The monoisotopic (exact) mass is 218 g/mol. The number of carboxylic acids is 1. The molecule has 16 heavy (non-hydrogen) atoms. The summed E-state index contributed by atoms with van der Waals surface area (Å²) in [6, 6.07) is 6.17. The molecule has 0 radical (unpaired) electrons. The number of fused-ring (bicyclic) bond motifs is 1. The minimum atomic E-state index is -0.745. The van der Waals surface area contributed by atoms with Crippen LogP contribution < -0.4 is 0 Å². The molecule has 1 aliphatic carbocycles. The Balaban J connectivity index is 2.25. The van der Waals surface area contributed by atoms with Gasteiger partial charge in [-0.05, 0) is 42.4 Å². The van der Waals surface area contributed by atoms with Crippen LogP contribution in [0.1, 0.15) is 42.9 Å². The van der Waals surface area contributed by atoms with Crippen LogP contribution in [0.2, 0.25) is 0 Å². The minimum absolute atomic E-state index is 0.397. The quantitative estimate of drug-likeness (QED) is 0.846. The first-order chi connectivity index (χ1) is 7.61. The molecule has 2 rings (SSSR count). The predicted octanol–water partition coefficient (Wildman–Crippen LogP) is 3.00. The number of rotatable bonds is 3. The Morgan fingerprint density at radius 1 is 1.44 bits per heavy atom. The normalized spacial score (nSPS) is 20.5. The standard InChI is InChI=1S/C14H18O2/c1-3-10-6-12-5-4-11(8-13(12)7-10)9(2)14(15)16/h4-5,8-10H,3,6-7H2,1-2H3,(H,15,16). The van der Waals surface area contributed by atoms with Crippen molar-refractivity contribution in [1.82, 2.24) is 0 Å². The second kappa shape index (κ2) is 4.28. The first-order valence-electron chi connectivity index (χ1n) is 5.96. The van der Waals surface area contributed by atoms with E-state index >= 15 is 0 Å². The van der Waals surface area contributed by atoms with Gasteiger partial charge in [0.05, 0.1) is 5.92 Å². The van der Waals surface area contributed by atoms with Gasteiger partial charge in [-0.1, -0.05) is 31.5 Å². The summed E-state index contributed by atoms with van der Waals surface area (Å²) in [5.74, 6) is -0.388. The lowest BCUT2D eigenvalue weighted by atomic mass is 9.97. The molecule has 0 saturated heterocycles. The van der Waals surface area contributed by atoms with Gasteiger partial charge in [-0.2, -0.15) is 0 Å². The molecule has 1 aromatic rings. The third kappa shape index (κ3) is 1.97. The molecule has 0 fully saturated rings. The average Bonchev–Trinajstić information content (AvgIpc) is 2.69. The summed E-state index contributed by atoms with van der Waals surface area (Å²) in [7, 11) is 0. The van der Waals surface area contributed by atoms with E-state index in [2.05, 4.69) is 19.1 Å². The number of carbonyl (C=O) groups is 1. The Morgan fingerprint density at radius 2 is 2.12 bits per heavy atom. The van der Waals surface area contributed by atoms with Crippen molar-refractivity contribution in [1.29, 1.82) is 0 Å². The number of carboxylic acid groups (broad SMARTS) is 1. The van der Waals surface area contributed by atoms with Crippen molar-refractivity contribution in [3.05, 3.63) is 34.9 Å². The van der Waals surface area contributed by atoms with Crippen molar-refractivity contribution in [2.24, 2.45) is 5.92 Å². The van der Waals surface area contributed by atoms with Gasteiger partial charge in [-0.25, -0.2) is 0 Å². The van der Waals surface area contributed by atoms with Gasteiger partial charge in [-0.15, -0.1) is 0 Å². The van der Waals surface area contributed by atoms with Gasteiger partial charge < -0.3 is 5.11 Å². The van der Waals surface area contributed by atoms with Gasteiger partial charge >= 0.3 is 5.97 Å². The number of benzene rings is 1. The van der Waals surface area contributed by atoms with Crippen LogP contribution in [0.4, 0.5) is 0 Å². The zero-order chi connectivity index (χ0) is 11.7. The average molecular weight is 218 g/mol. The predicted molar refractivity (Wildman–Crippen MR) is 63.7 cm³/mol. The highest BCUT2D eigenvalue weighted by Crippen LogP contribution is 2.31.